The normalized spacial score (nSPS) is 10.3. The van der Waals surface area contributed by atoms with Gasteiger partial charge in [0.05, 0.1) is 23.5 Å². The number of nitrogens with two attached hydrogens (primary N) is 1. The molecule has 0 unspecified atom stereocenters. The van der Waals surface area contributed by atoms with E-state index in [9.17, 15) is 0 Å². The van der Waals surface area contributed by atoms with E-state index >= 15 is 0 Å². The van der Waals surface area contributed by atoms with Gasteiger partial charge in [0.2, 0.25) is 0 Å². The number of anilines is 3. The molecule has 0 fully saturated rings. The van der Waals surface area contributed by atoms with Gasteiger partial charge in [-0.25, -0.2) is 0 Å². The number of methoxy groups -OCH3 is 1. The number of nitrogens with one attached hydrogen (secondary N) is 1. The van der Waals surface area contributed by atoms with Crippen LogP contribution in [0, 0.1) is 6.92 Å². The number of hydrogen-bond donors (Lipinski definition) is 2. The van der Waals surface area contributed by atoms with Gasteiger partial charge in [-0.2, -0.15) is 0 Å². The van der Waals surface area contributed by atoms with E-state index in [1.807, 2.05) is 19.1 Å². The number of ether oxygens (including phenoxy) is 1. The summed E-state index contributed by atoms with van der Waals surface area (Å²) in [6.07, 6.45) is 0. The monoisotopic (exact) mass is 296 g/mol. The van der Waals surface area contributed by atoms with E-state index in [0.717, 1.165) is 16.9 Å². The molecule has 100 valence electrons. The molecule has 3 N–H and O–H groups in total. The number of aryl methyl sites for hydroxylation is 1. The summed E-state index contributed by atoms with van der Waals surface area (Å²) in [4.78, 5) is 0. The summed E-state index contributed by atoms with van der Waals surface area (Å²) in [6, 6.07) is 9.04. The van der Waals surface area contributed by atoms with Crippen molar-refractivity contribution in [1.82, 2.24) is 0 Å². The number of hydrogen-bond acceptors (Lipinski definition) is 3. The van der Waals surface area contributed by atoms with Gasteiger partial charge in [-0.15, -0.1) is 0 Å². The summed E-state index contributed by atoms with van der Waals surface area (Å²) >= 11 is 12.3. The minimum Gasteiger partial charge on any atom is -0.495 e. The maximum atomic E-state index is 6.18. The molecule has 0 bridgehead atoms. The Morgan fingerprint density at radius 3 is 2.53 bits per heavy atom. The molecule has 0 radical (unpaired) electrons. The topological polar surface area (TPSA) is 47.3 Å². The SMILES string of the molecule is COc1cc(Nc2cc(Cl)c(C)cc2Cl)ccc1N. The van der Waals surface area contributed by atoms with E-state index in [1.165, 1.54) is 0 Å². The van der Waals surface area contributed by atoms with E-state index < -0.39 is 0 Å². The maximum Gasteiger partial charge on any atom is 0.143 e. The summed E-state index contributed by atoms with van der Waals surface area (Å²) in [7, 11) is 1.57. The molecular formula is C14H14Cl2N2O. The highest BCUT2D eigenvalue weighted by molar-refractivity contribution is 6.35. The molecule has 5 heteroatoms. The van der Waals surface area contributed by atoms with Crippen LogP contribution in [-0.4, -0.2) is 7.11 Å². The lowest BCUT2D eigenvalue weighted by Gasteiger charge is -2.12. The Balaban J connectivity index is 2.33. The highest BCUT2D eigenvalue weighted by Gasteiger charge is 2.06. The Bertz CT molecular complexity index is 615. The zero-order chi connectivity index (χ0) is 14.0. The molecule has 0 heterocycles. The van der Waals surface area contributed by atoms with Crippen LogP contribution in [0.1, 0.15) is 5.56 Å². The third kappa shape index (κ3) is 3.06. The van der Waals surface area contributed by atoms with Crippen LogP contribution in [0.5, 0.6) is 5.75 Å². The summed E-state index contributed by atoms with van der Waals surface area (Å²) in [5, 5.41) is 4.46. The largest absolute Gasteiger partial charge is 0.495 e. The van der Waals surface area contributed by atoms with Crippen LogP contribution in [0.15, 0.2) is 30.3 Å². The molecule has 3 nitrogen and oxygen atoms in total. The van der Waals surface area contributed by atoms with Crippen molar-refractivity contribution >= 4 is 40.3 Å². The fraction of sp³-hybridized carbons (Fsp3) is 0.143. The Morgan fingerprint density at radius 1 is 1.11 bits per heavy atom. The highest BCUT2D eigenvalue weighted by atomic mass is 35.5. The van der Waals surface area contributed by atoms with Crippen molar-refractivity contribution in [2.75, 3.05) is 18.2 Å². The fourth-order valence-electron chi connectivity index (χ4n) is 1.69. The second-order valence-electron chi connectivity index (χ2n) is 4.16. The number of benzene rings is 2. The Morgan fingerprint density at radius 2 is 1.84 bits per heavy atom. The van der Waals surface area contributed by atoms with Crippen molar-refractivity contribution < 1.29 is 4.74 Å². The second-order valence-corrected chi connectivity index (χ2v) is 4.98. The Hall–Kier alpha value is -1.58. The van der Waals surface area contributed by atoms with Crippen LogP contribution < -0.4 is 15.8 Å². The van der Waals surface area contributed by atoms with Gasteiger partial charge in [-0.1, -0.05) is 23.2 Å². The molecule has 19 heavy (non-hydrogen) atoms. The van der Waals surface area contributed by atoms with Gasteiger partial charge in [0, 0.05) is 16.8 Å². The zero-order valence-corrected chi connectivity index (χ0v) is 12.1. The molecule has 0 aliphatic heterocycles. The fourth-order valence-corrected chi connectivity index (χ4v) is 2.12. The van der Waals surface area contributed by atoms with Crippen LogP contribution in [0.25, 0.3) is 0 Å². The van der Waals surface area contributed by atoms with Gasteiger partial charge in [-0.3, -0.25) is 0 Å². The first kappa shape index (κ1) is 13.8. The molecular weight excluding hydrogens is 283 g/mol. The van der Waals surface area contributed by atoms with Crippen molar-refractivity contribution in [3.63, 3.8) is 0 Å². The van der Waals surface area contributed by atoms with Gasteiger partial charge in [0.15, 0.2) is 0 Å². The molecule has 2 rings (SSSR count). The van der Waals surface area contributed by atoms with Crippen molar-refractivity contribution in [1.29, 1.82) is 0 Å². The highest BCUT2D eigenvalue weighted by Crippen LogP contribution is 2.33. The van der Waals surface area contributed by atoms with E-state index in [1.54, 1.807) is 25.3 Å². The minimum absolute atomic E-state index is 0.584. The Kier molecular flexibility index (Phi) is 4.08. The number of halogens is 2. The van der Waals surface area contributed by atoms with Crippen LogP contribution in [0.4, 0.5) is 17.1 Å². The van der Waals surface area contributed by atoms with Gasteiger partial charge in [0.1, 0.15) is 5.75 Å². The first-order chi connectivity index (χ1) is 9.01. The molecule has 0 aromatic heterocycles. The summed E-state index contributed by atoms with van der Waals surface area (Å²) in [6.45, 7) is 1.91. The summed E-state index contributed by atoms with van der Waals surface area (Å²) < 4.78 is 5.17. The molecule has 0 amide bonds. The average Bonchev–Trinajstić information content (AvgIpc) is 2.38. The van der Waals surface area contributed by atoms with Gasteiger partial charge in [0.25, 0.3) is 0 Å². The quantitative estimate of drug-likeness (QED) is 0.812. The molecule has 2 aromatic carbocycles. The van der Waals surface area contributed by atoms with Gasteiger partial charge in [-0.05, 0) is 36.8 Å². The predicted molar refractivity (Wildman–Crippen MR) is 81.9 cm³/mol. The van der Waals surface area contributed by atoms with Crippen molar-refractivity contribution in [2.24, 2.45) is 0 Å². The van der Waals surface area contributed by atoms with Crippen LogP contribution in [0.2, 0.25) is 10.0 Å². The molecule has 0 spiro atoms. The van der Waals surface area contributed by atoms with Crippen LogP contribution in [-0.2, 0) is 0 Å². The maximum absolute atomic E-state index is 6.18. The van der Waals surface area contributed by atoms with E-state index in [-0.39, 0.29) is 0 Å². The van der Waals surface area contributed by atoms with Crippen molar-refractivity contribution in [2.45, 2.75) is 6.92 Å². The minimum atomic E-state index is 0.584. The van der Waals surface area contributed by atoms with Gasteiger partial charge < -0.3 is 15.8 Å². The first-order valence-electron chi connectivity index (χ1n) is 5.67. The molecule has 0 aliphatic carbocycles. The molecule has 0 saturated heterocycles. The van der Waals surface area contributed by atoms with E-state index in [0.29, 0.717) is 21.5 Å². The van der Waals surface area contributed by atoms with Crippen LogP contribution in [0.3, 0.4) is 0 Å². The lowest BCUT2D eigenvalue weighted by Crippen LogP contribution is -1.96. The second kappa shape index (κ2) is 5.59. The zero-order valence-electron chi connectivity index (χ0n) is 10.6. The van der Waals surface area contributed by atoms with Crippen molar-refractivity contribution in [3.05, 3.63) is 45.9 Å². The lowest BCUT2D eigenvalue weighted by atomic mass is 10.2. The molecule has 0 atom stereocenters. The third-order valence-corrected chi connectivity index (χ3v) is 3.48. The lowest BCUT2D eigenvalue weighted by molar-refractivity contribution is 0.417. The molecule has 2 aromatic rings. The smallest absolute Gasteiger partial charge is 0.143 e. The number of rotatable bonds is 3. The van der Waals surface area contributed by atoms with Crippen LogP contribution >= 0.6 is 23.2 Å². The standard InChI is InChI=1S/C14H14Cl2N2O/c1-8-5-11(16)13(7-10(8)15)18-9-3-4-12(17)14(6-9)19-2/h3-7,18H,17H2,1-2H3. The van der Waals surface area contributed by atoms with Crippen molar-refractivity contribution in [3.8, 4) is 5.75 Å². The molecule has 0 saturated carbocycles. The van der Waals surface area contributed by atoms with E-state index in [4.69, 9.17) is 33.7 Å². The predicted octanol–water partition coefficient (Wildman–Crippen LogP) is 4.64. The summed E-state index contributed by atoms with van der Waals surface area (Å²) in [5.41, 5.74) is 8.86. The number of nitrogen functional groups attached to an aromatic ring is 1. The van der Waals surface area contributed by atoms with E-state index in [2.05, 4.69) is 5.32 Å². The first-order valence-corrected chi connectivity index (χ1v) is 6.43. The third-order valence-electron chi connectivity index (χ3n) is 2.76. The molecule has 0 aliphatic rings. The average molecular weight is 297 g/mol. The van der Waals surface area contributed by atoms with Gasteiger partial charge >= 0.3 is 0 Å². The Labute approximate surface area is 122 Å². The summed E-state index contributed by atoms with van der Waals surface area (Å²) in [5.74, 6) is 0.610.